The van der Waals surface area contributed by atoms with E-state index in [9.17, 15) is 13.2 Å². The molecule has 0 atom stereocenters. The van der Waals surface area contributed by atoms with Gasteiger partial charge in [-0.1, -0.05) is 31.2 Å². The number of carbonyl (C=O) groups excluding carboxylic acids is 1. The number of piperidine rings is 1. The fraction of sp³-hybridized carbons (Fsp3) is 0.350. The number of amides is 1. The van der Waals surface area contributed by atoms with Crippen LogP contribution in [0.4, 0.5) is 5.69 Å². The SMILES string of the molecule is Cc1c(NS(=O)(=O)c2ccccc2)cccc1C(=O)N1CCC(C)CC1. The lowest BCUT2D eigenvalue weighted by atomic mass is 9.98. The van der Waals surface area contributed by atoms with E-state index in [0.29, 0.717) is 22.7 Å². The molecule has 0 unspecified atom stereocenters. The first kappa shape index (κ1) is 18.5. The van der Waals surface area contributed by atoms with Gasteiger partial charge in [0.2, 0.25) is 0 Å². The Hall–Kier alpha value is -2.34. The van der Waals surface area contributed by atoms with Crippen LogP contribution in [0.5, 0.6) is 0 Å². The van der Waals surface area contributed by atoms with Gasteiger partial charge in [-0.05, 0) is 55.5 Å². The first-order valence-corrected chi connectivity index (χ1v) is 10.3. The molecule has 0 aliphatic carbocycles. The van der Waals surface area contributed by atoms with Crippen LogP contribution in [0.25, 0.3) is 0 Å². The topological polar surface area (TPSA) is 66.5 Å². The van der Waals surface area contributed by atoms with E-state index in [-0.39, 0.29) is 10.8 Å². The van der Waals surface area contributed by atoms with Crippen molar-refractivity contribution >= 4 is 21.6 Å². The lowest BCUT2D eigenvalue weighted by Gasteiger charge is -2.31. The first-order valence-electron chi connectivity index (χ1n) is 8.85. The van der Waals surface area contributed by atoms with Crippen LogP contribution in [0.15, 0.2) is 53.4 Å². The minimum absolute atomic E-state index is 0.0323. The molecule has 1 heterocycles. The Morgan fingerprint density at radius 3 is 2.35 bits per heavy atom. The van der Waals surface area contributed by atoms with Crippen LogP contribution in [0.3, 0.4) is 0 Å². The maximum Gasteiger partial charge on any atom is 0.261 e. The van der Waals surface area contributed by atoms with Gasteiger partial charge in [0, 0.05) is 18.7 Å². The quantitative estimate of drug-likeness (QED) is 0.890. The number of anilines is 1. The van der Waals surface area contributed by atoms with E-state index in [1.54, 1.807) is 55.5 Å². The van der Waals surface area contributed by atoms with Crippen molar-refractivity contribution in [1.82, 2.24) is 4.90 Å². The second-order valence-electron chi connectivity index (χ2n) is 6.87. The third-order valence-electron chi connectivity index (χ3n) is 4.93. The maximum atomic E-state index is 12.9. The van der Waals surface area contributed by atoms with E-state index >= 15 is 0 Å². The first-order chi connectivity index (χ1) is 12.4. The summed E-state index contributed by atoms with van der Waals surface area (Å²) in [5.74, 6) is 0.610. The Morgan fingerprint density at radius 2 is 1.69 bits per heavy atom. The molecular formula is C20H24N2O3S. The highest BCUT2D eigenvalue weighted by Crippen LogP contribution is 2.25. The molecule has 3 rings (SSSR count). The van der Waals surface area contributed by atoms with Crippen molar-refractivity contribution in [3.05, 3.63) is 59.7 Å². The van der Waals surface area contributed by atoms with E-state index in [1.165, 1.54) is 0 Å². The van der Waals surface area contributed by atoms with Gasteiger partial charge in [-0.3, -0.25) is 9.52 Å². The van der Waals surface area contributed by atoms with Crippen LogP contribution in [0.1, 0.15) is 35.7 Å². The van der Waals surface area contributed by atoms with Gasteiger partial charge in [-0.2, -0.15) is 0 Å². The standard InChI is InChI=1S/C20H24N2O3S/c1-15-11-13-22(14-12-15)20(23)18-9-6-10-19(16(18)2)21-26(24,25)17-7-4-3-5-8-17/h3-10,15,21H,11-14H2,1-2H3. The van der Waals surface area contributed by atoms with Crippen molar-refractivity contribution in [1.29, 1.82) is 0 Å². The Labute approximate surface area is 155 Å². The highest BCUT2D eigenvalue weighted by Gasteiger charge is 2.24. The smallest absolute Gasteiger partial charge is 0.261 e. The van der Waals surface area contributed by atoms with Crippen LogP contribution in [0.2, 0.25) is 0 Å². The number of rotatable bonds is 4. The molecule has 2 aromatic carbocycles. The molecular weight excluding hydrogens is 348 g/mol. The molecule has 5 nitrogen and oxygen atoms in total. The molecule has 0 aromatic heterocycles. The number of benzene rings is 2. The fourth-order valence-corrected chi connectivity index (χ4v) is 4.31. The van der Waals surface area contributed by atoms with Gasteiger partial charge in [0.15, 0.2) is 0 Å². The molecule has 138 valence electrons. The summed E-state index contributed by atoms with van der Waals surface area (Å²) in [6.45, 7) is 5.48. The van der Waals surface area contributed by atoms with Crippen molar-refractivity contribution < 1.29 is 13.2 Å². The Bertz CT molecular complexity index is 887. The van der Waals surface area contributed by atoms with Crippen molar-refractivity contribution in [2.75, 3.05) is 17.8 Å². The van der Waals surface area contributed by atoms with Crippen LogP contribution in [-0.4, -0.2) is 32.3 Å². The molecule has 1 fully saturated rings. The van der Waals surface area contributed by atoms with Gasteiger partial charge in [0.1, 0.15) is 0 Å². The van der Waals surface area contributed by atoms with Crippen LogP contribution < -0.4 is 4.72 Å². The zero-order valence-corrected chi connectivity index (χ0v) is 15.9. The highest BCUT2D eigenvalue weighted by molar-refractivity contribution is 7.92. The number of sulfonamides is 1. The van der Waals surface area contributed by atoms with E-state index in [1.807, 2.05) is 4.90 Å². The largest absolute Gasteiger partial charge is 0.339 e. The third kappa shape index (κ3) is 3.90. The minimum Gasteiger partial charge on any atom is -0.339 e. The Morgan fingerprint density at radius 1 is 1.04 bits per heavy atom. The van der Waals surface area contributed by atoms with Crippen molar-refractivity contribution in [2.45, 2.75) is 31.6 Å². The normalized spacial score (nSPS) is 15.7. The van der Waals surface area contributed by atoms with Crippen molar-refractivity contribution in [3.8, 4) is 0 Å². The third-order valence-corrected chi connectivity index (χ3v) is 6.31. The van der Waals surface area contributed by atoms with E-state index < -0.39 is 10.0 Å². The molecule has 1 aliphatic heterocycles. The average Bonchev–Trinajstić information content (AvgIpc) is 2.64. The Kier molecular flexibility index (Phi) is 5.32. The molecule has 1 aliphatic rings. The highest BCUT2D eigenvalue weighted by atomic mass is 32.2. The van der Waals surface area contributed by atoms with Gasteiger partial charge in [-0.15, -0.1) is 0 Å². The molecule has 0 radical (unpaired) electrons. The number of likely N-dealkylation sites (tertiary alicyclic amines) is 1. The summed E-state index contributed by atoms with van der Waals surface area (Å²) in [6, 6.07) is 13.4. The average molecular weight is 372 g/mol. The monoisotopic (exact) mass is 372 g/mol. The molecule has 2 aromatic rings. The predicted molar refractivity (Wildman–Crippen MR) is 103 cm³/mol. The van der Waals surface area contributed by atoms with E-state index in [0.717, 1.165) is 25.9 Å². The summed E-state index contributed by atoms with van der Waals surface area (Å²) in [5.41, 5.74) is 1.63. The van der Waals surface area contributed by atoms with Gasteiger partial charge in [-0.25, -0.2) is 8.42 Å². The summed E-state index contributed by atoms with van der Waals surface area (Å²) in [4.78, 5) is 14.9. The molecule has 1 saturated heterocycles. The summed E-state index contributed by atoms with van der Waals surface area (Å²) >= 11 is 0. The molecule has 1 N–H and O–H groups in total. The summed E-state index contributed by atoms with van der Waals surface area (Å²) < 4.78 is 27.7. The lowest BCUT2D eigenvalue weighted by molar-refractivity contribution is 0.0696. The Balaban J connectivity index is 1.85. The molecule has 0 bridgehead atoms. The van der Waals surface area contributed by atoms with Crippen LogP contribution in [0, 0.1) is 12.8 Å². The number of carbonyl (C=O) groups is 1. The van der Waals surface area contributed by atoms with Crippen LogP contribution >= 0.6 is 0 Å². The van der Waals surface area contributed by atoms with Gasteiger partial charge in [0.25, 0.3) is 15.9 Å². The second-order valence-corrected chi connectivity index (χ2v) is 8.55. The molecule has 1 amide bonds. The summed E-state index contributed by atoms with van der Waals surface area (Å²) in [5, 5.41) is 0. The van der Waals surface area contributed by atoms with Gasteiger partial charge < -0.3 is 4.90 Å². The van der Waals surface area contributed by atoms with Crippen LogP contribution in [-0.2, 0) is 10.0 Å². The predicted octanol–water partition coefficient (Wildman–Crippen LogP) is 3.67. The number of hydrogen-bond donors (Lipinski definition) is 1. The maximum absolute atomic E-state index is 12.9. The van der Waals surface area contributed by atoms with Crippen molar-refractivity contribution in [3.63, 3.8) is 0 Å². The number of nitrogens with one attached hydrogen (secondary N) is 1. The second kappa shape index (κ2) is 7.50. The molecule has 0 spiro atoms. The van der Waals surface area contributed by atoms with Crippen molar-refractivity contribution in [2.24, 2.45) is 5.92 Å². The van der Waals surface area contributed by atoms with Gasteiger partial charge in [0.05, 0.1) is 10.6 Å². The lowest BCUT2D eigenvalue weighted by Crippen LogP contribution is -2.38. The number of nitrogens with zero attached hydrogens (tertiary/aromatic N) is 1. The zero-order valence-electron chi connectivity index (χ0n) is 15.1. The fourth-order valence-electron chi connectivity index (χ4n) is 3.16. The summed E-state index contributed by atoms with van der Waals surface area (Å²) in [7, 11) is -3.69. The number of hydrogen-bond acceptors (Lipinski definition) is 3. The molecule has 0 saturated carbocycles. The zero-order chi connectivity index (χ0) is 18.7. The molecule has 26 heavy (non-hydrogen) atoms. The van der Waals surface area contributed by atoms with E-state index in [2.05, 4.69) is 11.6 Å². The minimum atomic E-state index is -3.69. The van der Waals surface area contributed by atoms with Gasteiger partial charge >= 0.3 is 0 Å². The molecule has 6 heteroatoms. The summed E-state index contributed by atoms with van der Waals surface area (Å²) in [6.07, 6.45) is 2.01. The van der Waals surface area contributed by atoms with E-state index in [4.69, 9.17) is 0 Å².